The zero-order valence-electron chi connectivity index (χ0n) is 15.8. The standard InChI is InChI=1S/C23H15F3N2O3/c24-23(25,26)14-6-5-7-15(12-14)28-21(30)17-9-2-1-8-16(17)18(22(28)31)13-27-19-10-3-4-11-20(19)29/h1-13,29,31H. The number of rotatable bonds is 3. The summed E-state index contributed by atoms with van der Waals surface area (Å²) in [4.78, 5) is 17.2. The molecule has 0 spiro atoms. The van der Waals surface area contributed by atoms with Crippen LogP contribution in [0.2, 0.25) is 0 Å². The molecule has 1 heterocycles. The lowest BCUT2D eigenvalue weighted by atomic mass is 10.1. The van der Waals surface area contributed by atoms with Crippen molar-refractivity contribution in [3.63, 3.8) is 0 Å². The van der Waals surface area contributed by atoms with Gasteiger partial charge < -0.3 is 10.2 Å². The number of aromatic nitrogens is 1. The number of pyridine rings is 1. The highest BCUT2D eigenvalue weighted by Crippen LogP contribution is 2.32. The Hall–Kier alpha value is -4.07. The minimum Gasteiger partial charge on any atom is -0.506 e. The van der Waals surface area contributed by atoms with Crippen molar-refractivity contribution in [2.75, 3.05) is 0 Å². The average Bonchev–Trinajstić information content (AvgIpc) is 2.74. The Bertz CT molecular complexity index is 1370. The Labute approximate surface area is 174 Å². The zero-order valence-corrected chi connectivity index (χ0v) is 15.8. The summed E-state index contributed by atoms with van der Waals surface area (Å²) in [7, 11) is 0. The molecule has 5 nitrogen and oxygen atoms in total. The molecule has 31 heavy (non-hydrogen) atoms. The van der Waals surface area contributed by atoms with Gasteiger partial charge in [-0.1, -0.05) is 36.4 Å². The smallest absolute Gasteiger partial charge is 0.416 e. The predicted octanol–water partition coefficient (Wildman–Crippen LogP) is 5.17. The van der Waals surface area contributed by atoms with Crippen LogP contribution in [0.5, 0.6) is 11.6 Å². The van der Waals surface area contributed by atoms with E-state index in [1.165, 1.54) is 24.4 Å². The van der Waals surface area contributed by atoms with Gasteiger partial charge in [0.05, 0.1) is 16.8 Å². The number of aliphatic imine (C=N–C) groups is 1. The molecule has 0 saturated carbocycles. The molecule has 0 saturated heterocycles. The third kappa shape index (κ3) is 3.75. The van der Waals surface area contributed by atoms with E-state index in [9.17, 15) is 28.2 Å². The van der Waals surface area contributed by atoms with Crippen molar-refractivity contribution in [2.45, 2.75) is 6.18 Å². The molecular formula is C23H15F3N2O3. The topological polar surface area (TPSA) is 74.8 Å². The zero-order chi connectivity index (χ0) is 22.2. The second kappa shape index (κ2) is 7.64. The summed E-state index contributed by atoms with van der Waals surface area (Å²) in [6, 6.07) is 16.8. The summed E-state index contributed by atoms with van der Waals surface area (Å²) >= 11 is 0. The van der Waals surface area contributed by atoms with Crippen molar-refractivity contribution in [3.8, 4) is 17.3 Å². The van der Waals surface area contributed by atoms with Gasteiger partial charge in [0.15, 0.2) is 0 Å². The highest BCUT2D eigenvalue weighted by molar-refractivity contribution is 6.02. The van der Waals surface area contributed by atoms with Crippen LogP contribution in [0.4, 0.5) is 18.9 Å². The molecule has 3 aromatic carbocycles. The molecule has 0 amide bonds. The molecule has 0 aliphatic rings. The number of halogens is 3. The number of nitrogens with zero attached hydrogens (tertiary/aromatic N) is 2. The molecule has 0 aliphatic heterocycles. The lowest BCUT2D eigenvalue weighted by molar-refractivity contribution is -0.137. The fraction of sp³-hybridized carbons (Fsp3) is 0.0435. The number of phenolic OH excluding ortho intramolecular Hbond substituents is 1. The van der Waals surface area contributed by atoms with E-state index in [-0.39, 0.29) is 28.1 Å². The summed E-state index contributed by atoms with van der Waals surface area (Å²) < 4.78 is 40.3. The van der Waals surface area contributed by atoms with Crippen LogP contribution < -0.4 is 5.56 Å². The molecule has 4 rings (SSSR count). The first-order chi connectivity index (χ1) is 14.8. The normalized spacial score (nSPS) is 12.0. The van der Waals surface area contributed by atoms with E-state index in [2.05, 4.69) is 4.99 Å². The molecule has 1 aromatic heterocycles. The monoisotopic (exact) mass is 424 g/mol. The molecule has 4 aromatic rings. The summed E-state index contributed by atoms with van der Waals surface area (Å²) in [5, 5.41) is 21.4. The van der Waals surface area contributed by atoms with Crippen LogP contribution >= 0.6 is 0 Å². The van der Waals surface area contributed by atoms with Crippen LogP contribution in [0.25, 0.3) is 16.5 Å². The van der Waals surface area contributed by atoms with Gasteiger partial charge in [-0.25, -0.2) is 4.57 Å². The van der Waals surface area contributed by atoms with Gasteiger partial charge in [0.2, 0.25) is 5.88 Å². The fourth-order valence-electron chi connectivity index (χ4n) is 3.26. The van der Waals surface area contributed by atoms with E-state index in [1.54, 1.807) is 36.4 Å². The lowest BCUT2D eigenvalue weighted by Crippen LogP contribution is -2.20. The SMILES string of the molecule is O=c1c2ccccc2c(C=Nc2ccccc2O)c(O)n1-c1cccc(C(F)(F)F)c1. The predicted molar refractivity (Wildman–Crippen MR) is 112 cm³/mol. The molecule has 0 fully saturated rings. The molecule has 156 valence electrons. The summed E-state index contributed by atoms with van der Waals surface area (Å²) in [5.74, 6) is -0.657. The molecule has 8 heteroatoms. The van der Waals surface area contributed by atoms with Crippen LogP contribution in [0, 0.1) is 0 Å². The summed E-state index contributed by atoms with van der Waals surface area (Å²) in [5.41, 5.74) is -1.42. The van der Waals surface area contributed by atoms with E-state index >= 15 is 0 Å². The summed E-state index contributed by atoms with van der Waals surface area (Å²) in [6.45, 7) is 0. The number of hydrogen-bond acceptors (Lipinski definition) is 4. The van der Waals surface area contributed by atoms with E-state index in [4.69, 9.17) is 0 Å². The van der Waals surface area contributed by atoms with E-state index in [1.807, 2.05) is 0 Å². The van der Waals surface area contributed by atoms with Gasteiger partial charge in [-0.2, -0.15) is 13.2 Å². The van der Waals surface area contributed by atoms with Gasteiger partial charge in [-0.05, 0) is 36.4 Å². The Morgan fingerprint density at radius 3 is 2.26 bits per heavy atom. The third-order valence-corrected chi connectivity index (χ3v) is 4.75. The maximum absolute atomic E-state index is 13.2. The number of para-hydroxylation sites is 2. The first kappa shape index (κ1) is 20.2. The molecular weight excluding hydrogens is 409 g/mol. The molecule has 0 bridgehead atoms. The second-order valence-corrected chi connectivity index (χ2v) is 6.72. The van der Waals surface area contributed by atoms with Gasteiger partial charge in [-0.3, -0.25) is 9.79 Å². The largest absolute Gasteiger partial charge is 0.506 e. The van der Waals surface area contributed by atoms with Gasteiger partial charge in [-0.15, -0.1) is 0 Å². The Morgan fingerprint density at radius 1 is 0.871 bits per heavy atom. The van der Waals surface area contributed by atoms with Gasteiger partial charge in [0.1, 0.15) is 11.4 Å². The Kier molecular flexibility index (Phi) is 4.98. The van der Waals surface area contributed by atoms with Crippen LogP contribution in [-0.4, -0.2) is 21.0 Å². The highest BCUT2D eigenvalue weighted by atomic mass is 19.4. The van der Waals surface area contributed by atoms with Crippen molar-refractivity contribution in [3.05, 3.63) is 94.3 Å². The summed E-state index contributed by atoms with van der Waals surface area (Å²) in [6.07, 6.45) is -3.35. The number of alkyl halides is 3. The van der Waals surface area contributed by atoms with Crippen LogP contribution in [0.1, 0.15) is 11.1 Å². The Morgan fingerprint density at radius 2 is 1.55 bits per heavy atom. The number of benzene rings is 3. The van der Waals surface area contributed by atoms with Crippen LogP contribution in [-0.2, 0) is 6.18 Å². The molecule has 2 N–H and O–H groups in total. The quantitative estimate of drug-likeness (QED) is 0.446. The first-order valence-electron chi connectivity index (χ1n) is 9.14. The minimum atomic E-state index is -4.61. The van der Waals surface area contributed by atoms with E-state index in [0.29, 0.717) is 5.39 Å². The maximum atomic E-state index is 13.2. The van der Waals surface area contributed by atoms with Crippen molar-refractivity contribution < 1.29 is 23.4 Å². The molecule has 0 unspecified atom stereocenters. The minimum absolute atomic E-state index is 0.0891. The van der Waals surface area contributed by atoms with Crippen molar-refractivity contribution in [1.29, 1.82) is 0 Å². The number of fused-ring (bicyclic) bond motifs is 1. The van der Waals surface area contributed by atoms with E-state index in [0.717, 1.165) is 22.8 Å². The first-order valence-corrected chi connectivity index (χ1v) is 9.14. The fourth-order valence-corrected chi connectivity index (χ4v) is 3.26. The van der Waals surface area contributed by atoms with Gasteiger partial charge in [0.25, 0.3) is 5.56 Å². The maximum Gasteiger partial charge on any atom is 0.416 e. The molecule has 0 atom stereocenters. The van der Waals surface area contributed by atoms with Gasteiger partial charge in [0, 0.05) is 17.0 Å². The van der Waals surface area contributed by atoms with Crippen LogP contribution in [0.3, 0.4) is 0 Å². The number of aromatic hydroxyl groups is 2. The number of hydrogen-bond donors (Lipinski definition) is 2. The van der Waals surface area contributed by atoms with E-state index < -0.39 is 23.2 Å². The molecule has 0 aliphatic carbocycles. The van der Waals surface area contributed by atoms with Crippen molar-refractivity contribution >= 4 is 22.7 Å². The third-order valence-electron chi connectivity index (χ3n) is 4.75. The second-order valence-electron chi connectivity index (χ2n) is 6.72. The number of phenols is 1. The highest BCUT2D eigenvalue weighted by Gasteiger charge is 2.31. The average molecular weight is 424 g/mol. The lowest BCUT2D eigenvalue weighted by Gasteiger charge is -2.15. The van der Waals surface area contributed by atoms with Crippen LogP contribution in [0.15, 0.2) is 82.6 Å². The molecule has 0 radical (unpaired) electrons. The van der Waals surface area contributed by atoms with Gasteiger partial charge >= 0.3 is 6.18 Å². The van der Waals surface area contributed by atoms with Crippen molar-refractivity contribution in [2.24, 2.45) is 4.99 Å². The Balaban J connectivity index is 1.99. The van der Waals surface area contributed by atoms with Crippen molar-refractivity contribution in [1.82, 2.24) is 4.57 Å².